The molecule has 3 saturated heterocycles. The molecule has 3 aliphatic heterocycles. The lowest BCUT2D eigenvalue weighted by molar-refractivity contribution is 0.0992. The summed E-state index contributed by atoms with van der Waals surface area (Å²) in [4.78, 5) is 11.7. The Morgan fingerprint density at radius 2 is 2.19 bits per heavy atom. The van der Waals surface area contributed by atoms with Crippen LogP contribution in [-0.4, -0.2) is 60.8 Å². The number of piperidine rings is 1. The van der Waals surface area contributed by atoms with E-state index in [2.05, 4.69) is 32.8 Å². The molecule has 4 heterocycles. The molecule has 1 aromatic rings. The average Bonchev–Trinajstić information content (AvgIpc) is 3.43. The van der Waals surface area contributed by atoms with E-state index in [0.717, 1.165) is 50.9 Å². The Bertz CT molecular complexity index is 640. The zero-order chi connectivity index (χ0) is 18.6. The Morgan fingerprint density at radius 1 is 1.33 bits per heavy atom. The van der Waals surface area contributed by atoms with Gasteiger partial charge < -0.3 is 15.4 Å². The number of thiazole rings is 1. The molecular weight excluding hydrogens is 358 g/mol. The van der Waals surface area contributed by atoms with E-state index in [4.69, 9.17) is 9.72 Å². The fourth-order valence-corrected chi connectivity index (χ4v) is 5.30. The van der Waals surface area contributed by atoms with E-state index in [-0.39, 0.29) is 0 Å². The predicted octanol–water partition coefficient (Wildman–Crippen LogP) is 2.40. The maximum absolute atomic E-state index is 5.94. The summed E-state index contributed by atoms with van der Waals surface area (Å²) in [6.07, 6.45) is 7.93. The number of hydrogen-bond donors (Lipinski definition) is 2. The summed E-state index contributed by atoms with van der Waals surface area (Å²) in [6, 6.07) is 0.433. The number of hydrogen-bond acceptors (Lipinski definition) is 5. The number of fused-ring (bicyclic) bond motifs is 2. The smallest absolute Gasteiger partial charge is 0.191 e. The molecule has 0 spiro atoms. The Balaban J connectivity index is 1.16. The molecule has 3 atom stereocenters. The third-order valence-corrected chi connectivity index (χ3v) is 7.25. The molecule has 27 heavy (non-hydrogen) atoms. The van der Waals surface area contributed by atoms with Crippen LogP contribution in [0.5, 0.6) is 0 Å². The van der Waals surface area contributed by atoms with Gasteiger partial charge in [0.25, 0.3) is 0 Å². The summed E-state index contributed by atoms with van der Waals surface area (Å²) >= 11 is 1.79. The fourth-order valence-electron chi connectivity index (χ4n) is 4.56. The van der Waals surface area contributed by atoms with Crippen LogP contribution in [0.1, 0.15) is 49.7 Å². The van der Waals surface area contributed by atoms with Gasteiger partial charge in [-0.1, -0.05) is 6.92 Å². The lowest BCUT2D eigenvalue weighted by Gasteiger charge is -2.32. The number of aliphatic imine (C=N–C) groups is 1. The van der Waals surface area contributed by atoms with Crippen LogP contribution in [0, 0.1) is 5.92 Å². The highest BCUT2D eigenvalue weighted by Gasteiger charge is 2.41. The van der Waals surface area contributed by atoms with Gasteiger partial charge in [-0.05, 0) is 57.5 Å². The summed E-state index contributed by atoms with van der Waals surface area (Å²) in [5, 5.41) is 10.6. The van der Waals surface area contributed by atoms with Gasteiger partial charge in [-0.3, -0.25) is 9.89 Å². The van der Waals surface area contributed by atoms with Gasteiger partial charge in [-0.15, -0.1) is 11.3 Å². The number of aromatic nitrogens is 1. The second kappa shape index (κ2) is 8.88. The largest absolute Gasteiger partial charge is 0.373 e. The minimum atomic E-state index is 0.385. The van der Waals surface area contributed by atoms with Crippen molar-refractivity contribution in [3.63, 3.8) is 0 Å². The Morgan fingerprint density at radius 3 is 2.81 bits per heavy atom. The fraction of sp³-hybridized carbons (Fsp3) is 0.800. The molecule has 3 unspecified atom stereocenters. The van der Waals surface area contributed by atoms with Crippen molar-refractivity contribution in [2.75, 3.05) is 26.7 Å². The maximum Gasteiger partial charge on any atom is 0.191 e. The summed E-state index contributed by atoms with van der Waals surface area (Å²) < 4.78 is 5.94. The van der Waals surface area contributed by atoms with Crippen molar-refractivity contribution in [3.8, 4) is 0 Å². The third kappa shape index (κ3) is 4.81. The average molecular weight is 392 g/mol. The van der Waals surface area contributed by atoms with Crippen LogP contribution < -0.4 is 10.6 Å². The second-order valence-electron chi connectivity index (χ2n) is 8.12. The SMILES string of the molecule is CCc1nc(CN2CCC(CNC(=NC)NC3CC4CCC3O4)CC2)cs1. The zero-order valence-corrected chi connectivity index (χ0v) is 17.4. The molecular formula is C20H33N5OS. The van der Waals surface area contributed by atoms with E-state index in [0.29, 0.717) is 18.2 Å². The highest BCUT2D eigenvalue weighted by Crippen LogP contribution is 2.34. The molecule has 2 N–H and O–H groups in total. The molecule has 150 valence electrons. The van der Waals surface area contributed by atoms with Crippen LogP contribution in [0.4, 0.5) is 0 Å². The zero-order valence-electron chi connectivity index (χ0n) is 16.6. The number of aryl methyl sites for hydroxylation is 1. The van der Waals surface area contributed by atoms with Gasteiger partial charge in [-0.25, -0.2) is 4.98 Å². The van der Waals surface area contributed by atoms with Gasteiger partial charge in [-0.2, -0.15) is 0 Å². The standard InChI is InChI=1S/C20H33N5OS/c1-3-19-23-15(13-27-19)12-25-8-6-14(7-9-25)11-22-20(21-2)24-17-10-16-4-5-18(17)26-16/h13-14,16-18H,3-12H2,1-2H3,(H2,21,22,24). The van der Waals surface area contributed by atoms with E-state index in [1.165, 1.54) is 36.4 Å². The molecule has 6 nitrogen and oxygen atoms in total. The number of rotatable bonds is 6. The molecule has 3 fully saturated rings. The van der Waals surface area contributed by atoms with Gasteiger partial charge >= 0.3 is 0 Å². The molecule has 3 aliphatic rings. The number of ether oxygens (including phenoxy) is 1. The van der Waals surface area contributed by atoms with Crippen LogP contribution in [-0.2, 0) is 17.7 Å². The van der Waals surface area contributed by atoms with Gasteiger partial charge in [0.1, 0.15) is 0 Å². The minimum Gasteiger partial charge on any atom is -0.373 e. The summed E-state index contributed by atoms with van der Waals surface area (Å²) in [7, 11) is 1.87. The number of likely N-dealkylation sites (tertiary alicyclic amines) is 1. The summed E-state index contributed by atoms with van der Waals surface area (Å²) in [5.41, 5.74) is 1.24. The molecule has 1 aromatic heterocycles. The van der Waals surface area contributed by atoms with Crippen LogP contribution in [0.15, 0.2) is 10.4 Å². The van der Waals surface area contributed by atoms with Crippen LogP contribution >= 0.6 is 11.3 Å². The minimum absolute atomic E-state index is 0.385. The van der Waals surface area contributed by atoms with Crippen molar-refractivity contribution < 1.29 is 4.74 Å². The molecule has 0 aromatic carbocycles. The molecule has 7 heteroatoms. The van der Waals surface area contributed by atoms with Crippen LogP contribution in [0.25, 0.3) is 0 Å². The molecule has 0 radical (unpaired) electrons. The van der Waals surface area contributed by atoms with E-state index < -0.39 is 0 Å². The first-order chi connectivity index (χ1) is 13.2. The van der Waals surface area contributed by atoms with Crippen LogP contribution in [0.3, 0.4) is 0 Å². The Labute approximate surface area is 166 Å². The first-order valence-electron chi connectivity index (χ1n) is 10.5. The van der Waals surface area contributed by atoms with Gasteiger partial charge in [0, 0.05) is 25.5 Å². The molecule has 0 amide bonds. The molecule has 2 bridgehead atoms. The van der Waals surface area contributed by atoms with E-state index >= 15 is 0 Å². The van der Waals surface area contributed by atoms with Gasteiger partial charge in [0.15, 0.2) is 5.96 Å². The van der Waals surface area contributed by atoms with Gasteiger partial charge in [0.2, 0.25) is 0 Å². The Kier molecular flexibility index (Phi) is 6.30. The van der Waals surface area contributed by atoms with Crippen molar-refractivity contribution in [1.29, 1.82) is 0 Å². The highest BCUT2D eigenvalue weighted by atomic mass is 32.1. The number of nitrogens with zero attached hydrogens (tertiary/aromatic N) is 3. The highest BCUT2D eigenvalue weighted by molar-refractivity contribution is 7.09. The first kappa shape index (κ1) is 19.2. The van der Waals surface area contributed by atoms with E-state index in [1.54, 1.807) is 11.3 Å². The second-order valence-corrected chi connectivity index (χ2v) is 9.06. The van der Waals surface area contributed by atoms with Crippen molar-refractivity contribution in [2.45, 2.75) is 70.2 Å². The number of guanidine groups is 1. The van der Waals surface area contributed by atoms with Crippen LogP contribution in [0.2, 0.25) is 0 Å². The normalized spacial score (nSPS) is 29.4. The third-order valence-electron chi connectivity index (χ3n) is 6.20. The topological polar surface area (TPSA) is 61.8 Å². The van der Waals surface area contributed by atoms with Crippen molar-refractivity contribution in [2.24, 2.45) is 10.9 Å². The molecule has 0 aliphatic carbocycles. The Hall–Kier alpha value is -1.18. The predicted molar refractivity (Wildman–Crippen MR) is 110 cm³/mol. The maximum atomic E-state index is 5.94. The summed E-state index contributed by atoms with van der Waals surface area (Å²) in [5.74, 6) is 1.66. The number of nitrogens with one attached hydrogen (secondary N) is 2. The lowest BCUT2D eigenvalue weighted by atomic mass is 9.95. The van der Waals surface area contributed by atoms with Crippen molar-refractivity contribution in [1.82, 2.24) is 20.5 Å². The van der Waals surface area contributed by atoms with Gasteiger partial charge in [0.05, 0.1) is 29.0 Å². The van der Waals surface area contributed by atoms with E-state index in [9.17, 15) is 0 Å². The lowest BCUT2D eigenvalue weighted by Crippen LogP contribution is -2.49. The quantitative estimate of drug-likeness (QED) is 0.576. The van der Waals surface area contributed by atoms with Crippen molar-refractivity contribution >= 4 is 17.3 Å². The van der Waals surface area contributed by atoms with Crippen molar-refractivity contribution in [3.05, 3.63) is 16.1 Å². The first-order valence-corrected chi connectivity index (χ1v) is 11.4. The monoisotopic (exact) mass is 391 g/mol. The summed E-state index contributed by atoms with van der Waals surface area (Å²) in [6.45, 7) is 6.51. The molecule has 0 saturated carbocycles. The van der Waals surface area contributed by atoms with E-state index in [1.807, 2.05) is 7.05 Å². The molecule has 4 rings (SSSR count).